The molecule has 1 amide bonds. The maximum atomic E-state index is 13.1. The van der Waals surface area contributed by atoms with E-state index in [4.69, 9.17) is 11.6 Å². The zero-order valence-corrected chi connectivity index (χ0v) is 15.7. The van der Waals surface area contributed by atoms with E-state index in [1.54, 1.807) is 4.68 Å². The van der Waals surface area contributed by atoms with Gasteiger partial charge in [-0.2, -0.15) is 10.2 Å². The molecule has 1 atom stereocenters. The molecule has 1 aliphatic rings. The van der Waals surface area contributed by atoms with Gasteiger partial charge >= 0.3 is 0 Å². The number of aryl methyl sites for hydroxylation is 2. The second-order valence-corrected chi connectivity index (χ2v) is 7.01. The van der Waals surface area contributed by atoms with Crippen LogP contribution in [0.15, 0.2) is 6.20 Å². The number of nitrogens with zero attached hydrogens (tertiary/aromatic N) is 4. The first-order valence-electron chi connectivity index (χ1n) is 8.69. The quantitative estimate of drug-likeness (QED) is 0.789. The molecule has 0 spiro atoms. The lowest BCUT2D eigenvalue weighted by Gasteiger charge is -2.14. The predicted molar refractivity (Wildman–Crippen MR) is 93.4 cm³/mol. The van der Waals surface area contributed by atoms with E-state index in [1.165, 1.54) is 4.68 Å². The third-order valence-corrected chi connectivity index (χ3v) is 4.96. The van der Waals surface area contributed by atoms with Crippen LogP contribution in [0, 0.1) is 6.92 Å². The molecule has 0 radical (unpaired) electrons. The fourth-order valence-electron chi connectivity index (χ4n) is 3.10. The van der Waals surface area contributed by atoms with E-state index < -0.39 is 12.1 Å². The van der Waals surface area contributed by atoms with Gasteiger partial charge in [-0.3, -0.25) is 14.2 Å². The number of nitrogens with one attached hydrogen (secondary N) is 1. The molecule has 2 heterocycles. The van der Waals surface area contributed by atoms with Crippen molar-refractivity contribution >= 4 is 17.5 Å². The molecule has 6 nitrogen and oxygen atoms in total. The molecule has 1 fully saturated rings. The minimum Gasteiger partial charge on any atom is -0.348 e. The predicted octanol–water partition coefficient (Wildman–Crippen LogP) is 3.75. The van der Waals surface area contributed by atoms with Crippen LogP contribution in [0.2, 0.25) is 5.02 Å². The Morgan fingerprint density at radius 2 is 2.12 bits per heavy atom. The second kappa shape index (κ2) is 7.34. The molecule has 2 aromatic heterocycles. The van der Waals surface area contributed by atoms with Gasteiger partial charge in [0.15, 0.2) is 0 Å². The number of rotatable bonds is 7. The Hall–Kier alpha value is -1.96. The van der Waals surface area contributed by atoms with Gasteiger partial charge in [0.05, 0.1) is 22.5 Å². The molecule has 1 unspecified atom stereocenters. The van der Waals surface area contributed by atoms with Crippen molar-refractivity contribution in [1.29, 1.82) is 0 Å². The summed E-state index contributed by atoms with van der Waals surface area (Å²) < 4.78 is 29.3. The average Bonchev–Trinajstić information content (AvgIpc) is 3.24. The number of alkyl halides is 2. The highest BCUT2D eigenvalue weighted by Crippen LogP contribution is 2.45. The molecule has 0 bridgehead atoms. The van der Waals surface area contributed by atoms with Crippen LogP contribution < -0.4 is 5.32 Å². The van der Waals surface area contributed by atoms with E-state index in [2.05, 4.69) is 15.5 Å². The summed E-state index contributed by atoms with van der Waals surface area (Å²) in [7, 11) is 0. The Morgan fingerprint density at radius 3 is 2.65 bits per heavy atom. The molecule has 1 N–H and O–H groups in total. The Labute approximate surface area is 155 Å². The largest absolute Gasteiger partial charge is 0.348 e. The average molecular weight is 386 g/mol. The molecule has 1 aliphatic carbocycles. The summed E-state index contributed by atoms with van der Waals surface area (Å²) in [4.78, 5) is 12.4. The van der Waals surface area contributed by atoms with Gasteiger partial charge in [-0.15, -0.1) is 0 Å². The van der Waals surface area contributed by atoms with Crippen molar-refractivity contribution in [3.05, 3.63) is 33.9 Å². The summed E-state index contributed by atoms with van der Waals surface area (Å²) in [6.45, 7) is 6.35. The molecule has 26 heavy (non-hydrogen) atoms. The van der Waals surface area contributed by atoms with E-state index in [-0.39, 0.29) is 29.4 Å². The molecule has 0 saturated heterocycles. The highest BCUT2D eigenvalue weighted by Gasteiger charge is 2.34. The van der Waals surface area contributed by atoms with Crippen LogP contribution in [0.4, 0.5) is 8.78 Å². The minimum absolute atomic E-state index is 0.0107. The van der Waals surface area contributed by atoms with Gasteiger partial charge in [-0.05, 0) is 33.6 Å². The number of halogens is 3. The van der Waals surface area contributed by atoms with Crippen molar-refractivity contribution in [3.8, 4) is 0 Å². The highest BCUT2D eigenvalue weighted by molar-refractivity contribution is 6.32. The summed E-state index contributed by atoms with van der Waals surface area (Å²) in [6, 6.07) is -0.243. The third-order valence-electron chi connectivity index (χ3n) is 4.57. The second-order valence-electron chi connectivity index (χ2n) is 6.63. The molecule has 0 aliphatic heterocycles. The number of hydrogen-bond acceptors (Lipinski definition) is 3. The third kappa shape index (κ3) is 3.75. The van der Waals surface area contributed by atoms with E-state index in [0.717, 1.165) is 30.6 Å². The first kappa shape index (κ1) is 18.8. The maximum absolute atomic E-state index is 13.1. The van der Waals surface area contributed by atoms with Crippen molar-refractivity contribution in [2.24, 2.45) is 0 Å². The van der Waals surface area contributed by atoms with Gasteiger partial charge in [-0.25, -0.2) is 8.78 Å². The molecule has 9 heteroatoms. The first-order chi connectivity index (χ1) is 12.3. The lowest BCUT2D eigenvalue weighted by molar-refractivity contribution is -0.122. The monoisotopic (exact) mass is 385 g/mol. The summed E-state index contributed by atoms with van der Waals surface area (Å²) in [6.07, 6.45) is 0.893. The van der Waals surface area contributed by atoms with Gasteiger partial charge in [-0.1, -0.05) is 11.6 Å². The Balaban J connectivity index is 1.73. The number of amides is 1. The first-order valence-corrected chi connectivity index (χ1v) is 9.07. The van der Waals surface area contributed by atoms with Gasteiger partial charge in [0.25, 0.3) is 6.43 Å². The minimum atomic E-state index is -2.76. The fraction of sp³-hybridized carbons (Fsp3) is 0.588. The van der Waals surface area contributed by atoms with Crippen LogP contribution >= 0.6 is 11.6 Å². The van der Waals surface area contributed by atoms with Crippen LogP contribution in [0.25, 0.3) is 0 Å². The molecule has 1 saturated carbocycles. The van der Waals surface area contributed by atoms with Crippen LogP contribution in [0.1, 0.15) is 67.7 Å². The Kier molecular flexibility index (Phi) is 5.32. The molecule has 142 valence electrons. The lowest BCUT2D eigenvalue weighted by atomic mass is 10.1. The number of hydrogen-bond donors (Lipinski definition) is 1. The zero-order chi connectivity index (χ0) is 19.0. The van der Waals surface area contributed by atoms with Crippen molar-refractivity contribution in [2.75, 3.05) is 0 Å². The van der Waals surface area contributed by atoms with E-state index in [9.17, 15) is 13.6 Å². The molecule has 0 aromatic carbocycles. The lowest BCUT2D eigenvalue weighted by Crippen LogP contribution is -2.31. The summed E-state index contributed by atoms with van der Waals surface area (Å²) in [5.41, 5.74) is 1.86. The van der Waals surface area contributed by atoms with Crippen molar-refractivity contribution < 1.29 is 13.6 Å². The molecule has 2 aromatic rings. The van der Waals surface area contributed by atoms with E-state index in [1.807, 2.05) is 27.0 Å². The van der Waals surface area contributed by atoms with Crippen LogP contribution in [0.3, 0.4) is 0 Å². The SMILES string of the molecule is CCn1cc(C(C)NC(=O)Cn2nc(C(F)F)c(Cl)c2C2CC2)c(C)n1. The summed E-state index contributed by atoms with van der Waals surface area (Å²) in [5.74, 6) is -0.194. The molecular weight excluding hydrogens is 364 g/mol. The topological polar surface area (TPSA) is 64.7 Å². The van der Waals surface area contributed by atoms with E-state index >= 15 is 0 Å². The van der Waals surface area contributed by atoms with Crippen molar-refractivity contribution in [2.45, 2.75) is 65.1 Å². The number of carbonyl (C=O) groups is 1. The van der Waals surface area contributed by atoms with Gasteiger partial charge in [0.1, 0.15) is 12.2 Å². The van der Waals surface area contributed by atoms with Gasteiger partial charge in [0.2, 0.25) is 5.91 Å². The van der Waals surface area contributed by atoms with Gasteiger partial charge in [0, 0.05) is 24.2 Å². The normalized spacial score (nSPS) is 15.5. The Bertz CT molecular complexity index is 812. The molecule has 3 rings (SSSR count). The fourth-order valence-corrected chi connectivity index (χ4v) is 3.47. The maximum Gasteiger partial charge on any atom is 0.283 e. The van der Waals surface area contributed by atoms with Crippen molar-refractivity contribution in [1.82, 2.24) is 24.9 Å². The van der Waals surface area contributed by atoms with Crippen LogP contribution in [0.5, 0.6) is 0 Å². The molecular formula is C17H22ClF2N5O. The van der Waals surface area contributed by atoms with Crippen LogP contribution in [-0.2, 0) is 17.9 Å². The van der Waals surface area contributed by atoms with Crippen molar-refractivity contribution in [3.63, 3.8) is 0 Å². The standard InChI is InChI=1S/C17H22ClF2N5O/c1-4-24-7-12(10(3)22-24)9(2)21-13(26)8-25-16(11-5-6-11)14(18)15(23-25)17(19)20/h7,9,11,17H,4-6,8H2,1-3H3,(H,21,26). The number of aromatic nitrogens is 4. The van der Waals surface area contributed by atoms with E-state index in [0.29, 0.717) is 5.69 Å². The van der Waals surface area contributed by atoms with Crippen LogP contribution in [-0.4, -0.2) is 25.5 Å². The highest BCUT2D eigenvalue weighted by atomic mass is 35.5. The zero-order valence-electron chi connectivity index (χ0n) is 15.0. The summed E-state index contributed by atoms with van der Waals surface area (Å²) >= 11 is 6.08. The summed E-state index contributed by atoms with van der Waals surface area (Å²) in [5, 5.41) is 11.1. The smallest absolute Gasteiger partial charge is 0.283 e. The Morgan fingerprint density at radius 1 is 1.42 bits per heavy atom. The van der Waals surface area contributed by atoms with Gasteiger partial charge < -0.3 is 5.32 Å². The number of carbonyl (C=O) groups excluding carboxylic acids is 1.